The summed E-state index contributed by atoms with van der Waals surface area (Å²) in [5.74, 6) is -0.609. The molecule has 0 aliphatic heterocycles. The fourth-order valence-corrected chi connectivity index (χ4v) is 5.49. The summed E-state index contributed by atoms with van der Waals surface area (Å²) in [6, 6.07) is 30.8. The van der Waals surface area contributed by atoms with E-state index in [9.17, 15) is 18.0 Å². The van der Waals surface area contributed by atoms with Gasteiger partial charge in [-0.05, 0) is 60.5 Å². The molecule has 4 aromatic carbocycles. The lowest BCUT2D eigenvalue weighted by molar-refractivity contribution is 0.0954. The van der Waals surface area contributed by atoms with Gasteiger partial charge >= 0.3 is 0 Å². The summed E-state index contributed by atoms with van der Waals surface area (Å²) < 4.78 is 28.4. The van der Waals surface area contributed by atoms with Crippen LogP contribution in [0.15, 0.2) is 114 Å². The van der Waals surface area contributed by atoms with Crippen molar-refractivity contribution in [3.8, 4) is 0 Å². The minimum absolute atomic E-state index is 0.0872. The molecule has 8 heteroatoms. The molecule has 2 N–H and O–H groups in total. The number of sulfonamides is 1. The monoisotopic (exact) mass is 541 g/mol. The zero-order chi connectivity index (χ0) is 27.7. The highest BCUT2D eigenvalue weighted by molar-refractivity contribution is 7.92. The van der Waals surface area contributed by atoms with E-state index in [4.69, 9.17) is 0 Å². The molecule has 0 spiro atoms. The Morgan fingerprint density at radius 1 is 0.744 bits per heavy atom. The van der Waals surface area contributed by atoms with Crippen LogP contribution >= 0.6 is 0 Å². The lowest BCUT2D eigenvalue weighted by atomic mass is 10.1. The molecule has 0 heterocycles. The number of benzene rings is 4. The molecule has 200 valence electrons. The van der Waals surface area contributed by atoms with E-state index in [1.807, 2.05) is 13.0 Å². The SMILES string of the molecule is CCCCNC(=O)c1ccccc1NC(=O)c1ccc(CN(c2ccccc2)S(=O)(=O)c2ccccc2)cc1. The third kappa shape index (κ3) is 6.91. The number of para-hydroxylation sites is 2. The van der Waals surface area contributed by atoms with Crippen molar-refractivity contribution in [3.63, 3.8) is 0 Å². The molecular formula is C31H31N3O4S. The Labute approximate surface area is 229 Å². The van der Waals surface area contributed by atoms with Crippen LogP contribution in [0.25, 0.3) is 0 Å². The number of anilines is 2. The van der Waals surface area contributed by atoms with E-state index in [0.717, 1.165) is 12.8 Å². The van der Waals surface area contributed by atoms with E-state index in [-0.39, 0.29) is 23.3 Å². The van der Waals surface area contributed by atoms with Gasteiger partial charge in [-0.25, -0.2) is 8.42 Å². The lowest BCUT2D eigenvalue weighted by Gasteiger charge is -2.25. The van der Waals surface area contributed by atoms with E-state index < -0.39 is 10.0 Å². The van der Waals surface area contributed by atoms with Gasteiger partial charge in [-0.1, -0.05) is 74.0 Å². The van der Waals surface area contributed by atoms with Crippen LogP contribution in [0.3, 0.4) is 0 Å². The molecule has 0 unspecified atom stereocenters. The largest absolute Gasteiger partial charge is 0.352 e. The van der Waals surface area contributed by atoms with Crippen molar-refractivity contribution < 1.29 is 18.0 Å². The second kappa shape index (κ2) is 12.9. The Bertz CT molecular complexity index is 1510. The van der Waals surface area contributed by atoms with Gasteiger partial charge in [0.1, 0.15) is 0 Å². The fraction of sp³-hybridized carbons (Fsp3) is 0.161. The van der Waals surface area contributed by atoms with E-state index in [1.54, 1.807) is 103 Å². The number of carbonyl (C=O) groups is 2. The van der Waals surface area contributed by atoms with Crippen LogP contribution in [0.1, 0.15) is 46.0 Å². The first-order valence-electron chi connectivity index (χ1n) is 12.8. The van der Waals surface area contributed by atoms with E-state index >= 15 is 0 Å². The second-order valence-electron chi connectivity index (χ2n) is 8.97. The summed E-state index contributed by atoms with van der Waals surface area (Å²) in [5, 5.41) is 5.70. The van der Waals surface area contributed by atoms with Crippen LogP contribution in [-0.2, 0) is 16.6 Å². The zero-order valence-electron chi connectivity index (χ0n) is 21.7. The van der Waals surface area contributed by atoms with Gasteiger partial charge < -0.3 is 10.6 Å². The average Bonchev–Trinajstić information content (AvgIpc) is 2.97. The van der Waals surface area contributed by atoms with Crippen LogP contribution in [0.2, 0.25) is 0 Å². The molecule has 4 rings (SSSR count). The Kier molecular flexibility index (Phi) is 9.12. The van der Waals surface area contributed by atoms with Crippen LogP contribution < -0.4 is 14.9 Å². The van der Waals surface area contributed by atoms with E-state index in [0.29, 0.717) is 34.6 Å². The van der Waals surface area contributed by atoms with Gasteiger partial charge in [-0.2, -0.15) is 0 Å². The minimum Gasteiger partial charge on any atom is -0.352 e. The van der Waals surface area contributed by atoms with Crippen molar-refractivity contribution in [3.05, 3.63) is 126 Å². The maximum Gasteiger partial charge on any atom is 0.264 e. The number of rotatable bonds is 11. The molecule has 0 saturated heterocycles. The minimum atomic E-state index is -3.82. The first-order valence-corrected chi connectivity index (χ1v) is 14.2. The van der Waals surface area contributed by atoms with Gasteiger partial charge in [0.2, 0.25) is 0 Å². The molecule has 0 aliphatic rings. The summed E-state index contributed by atoms with van der Waals surface area (Å²) in [4.78, 5) is 25.8. The van der Waals surface area contributed by atoms with Crippen LogP contribution in [-0.4, -0.2) is 26.8 Å². The molecule has 7 nitrogen and oxygen atoms in total. The van der Waals surface area contributed by atoms with Crippen molar-refractivity contribution in [2.45, 2.75) is 31.2 Å². The summed E-state index contributed by atoms with van der Waals surface area (Å²) in [6.45, 7) is 2.70. The number of hydrogen-bond acceptors (Lipinski definition) is 4. The highest BCUT2D eigenvalue weighted by Crippen LogP contribution is 2.26. The standard InChI is InChI=1S/C31H31N3O4S/c1-2-3-22-32-31(36)28-16-10-11-17-29(28)33-30(35)25-20-18-24(19-21-25)23-34(26-12-6-4-7-13-26)39(37,38)27-14-8-5-9-15-27/h4-21H,2-3,22-23H2,1H3,(H,32,36)(H,33,35). The Hall–Kier alpha value is -4.43. The molecule has 2 amide bonds. The van der Waals surface area contributed by atoms with Crippen LogP contribution in [0, 0.1) is 0 Å². The summed E-state index contributed by atoms with van der Waals surface area (Å²) in [5.41, 5.74) is 2.45. The fourth-order valence-electron chi connectivity index (χ4n) is 4.01. The predicted octanol–water partition coefficient (Wildman–Crippen LogP) is 5.86. The number of carbonyl (C=O) groups excluding carboxylic acids is 2. The van der Waals surface area contributed by atoms with E-state index in [1.165, 1.54) is 4.31 Å². The van der Waals surface area contributed by atoms with Gasteiger partial charge in [-0.3, -0.25) is 13.9 Å². The highest BCUT2D eigenvalue weighted by atomic mass is 32.2. The van der Waals surface area contributed by atoms with Gasteiger partial charge in [0.15, 0.2) is 0 Å². The predicted molar refractivity (Wildman–Crippen MR) is 154 cm³/mol. The van der Waals surface area contributed by atoms with Gasteiger partial charge in [0.05, 0.1) is 28.4 Å². The van der Waals surface area contributed by atoms with Crippen molar-refractivity contribution in [2.75, 3.05) is 16.2 Å². The number of nitrogens with zero attached hydrogens (tertiary/aromatic N) is 1. The molecule has 0 atom stereocenters. The zero-order valence-corrected chi connectivity index (χ0v) is 22.5. The molecule has 0 radical (unpaired) electrons. The first-order chi connectivity index (χ1) is 18.9. The summed E-state index contributed by atoms with van der Waals surface area (Å²) in [6.07, 6.45) is 1.84. The second-order valence-corrected chi connectivity index (χ2v) is 10.8. The number of hydrogen-bond donors (Lipinski definition) is 2. The third-order valence-corrected chi connectivity index (χ3v) is 7.94. The first kappa shape index (κ1) is 27.6. The topological polar surface area (TPSA) is 95.6 Å². The van der Waals surface area contributed by atoms with Crippen molar-refractivity contribution >= 4 is 33.2 Å². The smallest absolute Gasteiger partial charge is 0.264 e. The Morgan fingerprint density at radius 3 is 2.03 bits per heavy atom. The van der Waals surface area contributed by atoms with Crippen molar-refractivity contribution in [1.82, 2.24) is 5.32 Å². The van der Waals surface area contributed by atoms with Gasteiger partial charge in [0.25, 0.3) is 21.8 Å². The summed E-state index contributed by atoms with van der Waals surface area (Å²) >= 11 is 0. The molecule has 0 bridgehead atoms. The lowest BCUT2D eigenvalue weighted by Crippen LogP contribution is -2.30. The number of amides is 2. The maximum atomic E-state index is 13.5. The molecule has 0 aliphatic carbocycles. The van der Waals surface area contributed by atoms with Crippen molar-refractivity contribution in [2.24, 2.45) is 0 Å². The van der Waals surface area contributed by atoms with Crippen molar-refractivity contribution in [1.29, 1.82) is 0 Å². The molecule has 39 heavy (non-hydrogen) atoms. The number of nitrogens with one attached hydrogen (secondary N) is 2. The molecular weight excluding hydrogens is 510 g/mol. The Morgan fingerprint density at radius 2 is 1.36 bits per heavy atom. The average molecular weight is 542 g/mol. The quantitative estimate of drug-likeness (QED) is 0.232. The number of unbranched alkanes of at least 4 members (excludes halogenated alkanes) is 1. The Balaban J connectivity index is 1.52. The van der Waals surface area contributed by atoms with Crippen LogP contribution in [0.4, 0.5) is 11.4 Å². The highest BCUT2D eigenvalue weighted by Gasteiger charge is 2.25. The van der Waals surface area contributed by atoms with Crippen LogP contribution in [0.5, 0.6) is 0 Å². The normalized spacial score (nSPS) is 11.0. The summed E-state index contributed by atoms with van der Waals surface area (Å²) in [7, 11) is -3.82. The molecule has 0 saturated carbocycles. The van der Waals surface area contributed by atoms with Gasteiger partial charge in [0, 0.05) is 12.1 Å². The van der Waals surface area contributed by atoms with E-state index in [2.05, 4.69) is 10.6 Å². The van der Waals surface area contributed by atoms with Gasteiger partial charge in [-0.15, -0.1) is 0 Å². The molecule has 0 fully saturated rings. The third-order valence-electron chi connectivity index (χ3n) is 6.15. The molecule has 4 aromatic rings. The molecule has 0 aromatic heterocycles. The maximum absolute atomic E-state index is 13.5.